The molecule has 0 aliphatic heterocycles. The van der Waals surface area contributed by atoms with Crippen LogP contribution in [0.3, 0.4) is 0 Å². The molecule has 0 aliphatic rings. The molecule has 19 heavy (non-hydrogen) atoms. The Labute approximate surface area is 116 Å². The lowest BCUT2D eigenvalue weighted by Gasteiger charge is -2.11. The summed E-state index contributed by atoms with van der Waals surface area (Å²) < 4.78 is 5.96. The van der Waals surface area contributed by atoms with Crippen molar-refractivity contribution in [1.82, 2.24) is 0 Å². The third kappa shape index (κ3) is 3.60. The molecule has 0 spiro atoms. The molecule has 1 heteroatoms. The van der Waals surface area contributed by atoms with Crippen LogP contribution in [0.15, 0.2) is 48.5 Å². The Hall–Kier alpha value is -1.76. The van der Waals surface area contributed by atoms with Crippen molar-refractivity contribution in [2.24, 2.45) is 0 Å². The van der Waals surface area contributed by atoms with Gasteiger partial charge in [0, 0.05) is 0 Å². The molecule has 2 aromatic rings. The van der Waals surface area contributed by atoms with Gasteiger partial charge < -0.3 is 4.74 Å². The zero-order valence-corrected chi connectivity index (χ0v) is 12.2. The van der Waals surface area contributed by atoms with Crippen LogP contribution in [-0.4, -0.2) is 0 Å². The second kappa shape index (κ2) is 5.92. The lowest BCUT2D eigenvalue weighted by atomic mass is 10.0. The number of rotatable bonds is 4. The molecule has 0 fully saturated rings. The molecule has 0 aliphatic carbocycles. The van der Waals surface area contributed by atoms with E-state index in [0.717, 1.165) is 11.5 Å². The van der Waals surface area contributed by atoms with E-state index in [1.165, 1.54) is 11.1 Å². The minimum atomic E-state index is 0.519. The molecular formula is C18H22O. The number of benzene rings is 2. The summed E-state index contributed by atoms with van der Waals surface area (Å²) in [5, 5.41) is 0. The second-order valence-electron chi connectivity index (χ2n) is 5.56. The van der Waals surface area contributed by atoms with Crippen molar-refractivity contribution in [3.8, 4) is 11.5 Å². The molecule has 0 amide bonds. The summed E-state index contributed by atoms with van der Waals surface area (Å²) in [4.78, 5) is 0. The molecule has 1 nitrogen and oxygen atoms in total. The summed E-state index contributed by atoms with van der Waals surface area (Å²) in [5.41, 5.74) is 2.61. The number of hydrogen-bond donors (Lipinski definition) is 0. The Balaban J connectivity index is 2.21. The van der Waals surface area contributed by atoms with Crippen molar-refractivity contribution < 1.29 is 4.74 Å². The van der Waals surface area contributed by atoms with Gasteiger partial charge in [-0.15, -0.1) is 0 Å². The van der Waals surface area contributed by atoms with Crippen molar-refractivity contribution >= 4 is 0 Å². The summed E-state index contributed by atoms with van der Waals surface area (Å²) in [6.07, 6.45) is 0. The Morgan fingerprint density at radius 2 is 1.11 bits per heavy atom. The first-order valence-electron chi connectivity index (χ1n) is 6.94. The first-order chi connectivity index (χ1) is 9.06. The Morgan fingerprint density at radius 3 is 1.47 bits per heavy atom. The average molecular weight is 254 g/mol. The summed E-state index contributed by atoms with van der Waals surface area (Å²) in [5.74, 6) is 2.86. The highest BCUT2D eigenvalue weighted by atomic mass is 16.5. The average Bonchev–Trinajstić information content (AvgIpc) is 2.39. The van der Waals surface area contributed by atoms with E-state index in [1.807, 2.05) is 12.1 Å². The molecule has 0 heterocycles. The normalized spacial score (nSPS) is 11.1. The van der Waals surface area contributed by atoms with E-state index in [-0.39, 0.29) is 0 Å². The maximum Gasteiger partial charge on any atom is 0.127 e. The smallest absolute Gasteiger partial charge is 0.127 e. The molecular weight excluding hydrogens is 232 g/mol. The van der Waals surface area contributed by atoms with Crippen LogP contribution in [0.5, 0.6) is 11.5 Å². The molecule has 0 N–H and O–H groups in total. The van der Waals surface area contributed by atoms with E-state index in [2.05, 4.69) is 64.1 Å². The third-order valence-electron chi connectivity index (χ3n) is 3.29. The third-order valence-corrected chi connectivity index (χ3v) is 3.29. The Morgan fingerprint density at radius 1 is 0.684 bits per heavy atom. The molecule has 0 atom stereocenters. The summed E-state index contributed by atoms with van der Waals surface area (Å²) in [6, 6.07) is 16.6. The van der Waals surface area contributed by atoms with Gasteiger partial charge in [0.05, 0.1) is 0 Å². The van der Waals surface area contributed by atoms with Gasteiger partial charge in [0.25, 0.3) is 0 Å². The fourth-order valence-electron chi connectivity index (χ4n) is 2.01. The maximum atomic E-state index is 5.96. The van der Waals surface area contributed by atoms with Gasteiger partial charge in [0.2, 0.25) is 0 Å². The van der Waals surface area contributed by atoms with Crippen LogP contribution in [0, 0.1) is 0 Å². The monoisotopic (exact) mass is 254 g/mol. The molecule has 0 unspecified atom stereocenters. The van der Waals surface area contributed by atoms with Gasteiger partial charge in [-0.2, -0.15) is 0 Å². The van der Waals surface area contributed by atoms with Gasteiger partial charge in [0.1, 0.15) is 11.5 Å². The molecule has 0 radical (unpaired) electrons. The molecule has 0 bridgehead atoms. The Bertz CT molecular complexity index is 491. The van der Waals surface area contributed by atoms with E-state index in [9.17, 15) is 0 Å². The zero-order chi connectivity index (χ0) is 13.8. The zero-order valence-electron chi connectivity index (χ0n) is 12.2. The minimum Gasteiger partial charge on any atom is -0.457 e. The van der Waals surface area contributed by atoms with Gasteiger partial charge in [-0.1, -0.05) is 52.0 Å². The first-order valence-corrected chi connectivity index (χ1v) is 6.94. The highest BCUT2D eigenvalue weighted by Crippen LogP contribution is 2.27. The van der Waals surface area contributed by atoms with Crippen LogP contribution in [0.1, 0.15) is 50.7 Å². The van der Waals surface area contributed by atoms with Crippen molar-refractivity contribution in [2.75, 3.05) is 0 Å². The van der Waals surface area contributed by atoms with Crippen molar-refractivity contribution in [3.63, 3.8) is 0 Å². The molecule has 0 saturated carbocycles. The molecule has 0 aromatic heterocycles. The SMILES string of the molecule is CC(C)c1cccc(Oc2cccc(C(C)C)c2)c1. The predicted octanol–water partition coefficient (Wildman–Crippen LogP) is 5.73. The predicted molar refractivity (Wildman–Crippen MR) is 81.1 cm³/mol. The van der Waals surface area contributed by atoms with E-state index < -0.39 is 0 Å². The fraction of sp³-hybridized carbons (Fsp3) is 0.333. The molecule has 0 saturated heterocycles. The summed E-state index contributed by atoms with van der Waals surface area (Å²) >= 11 is 0. The van der Waals surface area contributed by atoms with Crippen LogP contribution in [0.2, 0.25) is 0 Å². The van der Waals surface area contributed by atoms with Crippen LogP contribution in [-0.2, 0) is 0 Å². The fourth-order valence-corrected chi connectivity index (χ4v) is 2.01. The number of hydrogen-bond acceptors (Lipinski definition) is 1. The Kier molecular flexibility index (Phi) is 4.26. The van der Waals surface area contributed by atoms with Gasteiger partial charge in [-0.05, 0) is 47.2 Å². The molecule has 100 valence electrons. The lowest BCUT2D eigenvalue weighted by Crippen LogP contribution is -1.91. The standard InChI is InChI=1S/C18H22O/c1-13(2)15-7-5-9-17(11-15)19-18-10-6-8-16(12-18)14(3)4/h5-14H,1-4H3. The van der Waals surface area contributed by atoms with Crippen LogP contribution >= 0.6 is 0 Å². The van der Waals surface area contributed by atoms with E-state index in [4.69, 9.17) is 4.74 Å². The van der Waals surface area contributed by atoms with Gasteiger partial charge in [-0.25, -0.2) is 0 Å². The van der Waals surface area contributed by atoms with Gasteiger partial charge >= 0.3 is 0 Å². The van der Waals surface area contributed by atoms with E-state index in [1.54, 1.807) is 0 Å². The summed E-state index contributed by atoms with van der Waals surface area (Å²) in [6.45, 7) is 8.77. The lowest BCUT2D eigenvalue weighted by molar-refractivity contribution is 0.480. The quantitative estimate of drug-likeness (QED) is 0.677. The van der Waals surface area contributed by atoms with E-state index in [0.29, 0.717) is 11.8 Å². The van der Waals surface area contributed by atoms with Gasteiger partial charge in [0.15, 0.2) is 0 Å². The van der Waals surface area contributed by atoms with Crippen molar-refractivity contribution in [3.05, 3.63) is 59.7 Å². The first kappa shape index (κ1) is 13.7. The maximum absolute atomic E-state index is 5.96. The van der Waals surface area contributed by atoms with Crippen LogP contribution in [0.4, 0.5) is 0 Å². The van der Waals surface area contributed by atoms with Gasteiger partial charge in [-0.3, -0.25) is 0 Å². The van der Waals surface area contributed by atoms with E-state index >= 15 is 0 Å². The summed E-state index contributed by atoms with van der Waals surface area (Å²) in [7, 11) is 0. The topological polar surface area (TPSA) is 9.23 Å². The minimum absolute atomic E-state index is 0.519. The second-order valence-corrected chi connectivity index (χ2v) is 5.56. The molecule has 2 aromatic carbocycles. The highest BCUT2D eigenvalue weighted by molar-refractivity contribution is 5.37. The van der Waals surface area contributed by atoms with Crippen LogP contribution < -0.4 is 4.74 Å². The van der Waals surface area contributed by atoms with Crippen LogP contribution in [0.25, 0.3) is 0 Å². The molecule has 2 rings (SSSR count). The highest BCUT2D eigenvalue weighted by Gasteiger charge is 2.04. The largest absolute Gasteiger partial charge is 0.457 e. The van der Waals surface area contributed by atoms with Crippen molar-refractivity contribution in [1.29, 1.82) is 0 Å². The number of ether oxygens (including phenoxy) is 1. The van der Waals surface area contributed by atoms with Crippen molar-refractivity contribution in [2.45, 2.75) is 39.5 Å².